The number of nitrogens with two attached hydrogens (primary N) is 1. The average Bonchev–Trinajstić information content (AvgIpc) is 2.39. The average molecular weight is 255 g/mol. The van der Waals surface area contributed by atoms with E-state index in [9.17, 15) is 9.59 Å². The van der Waals surface area contributed by atoms with Gasteiger partial charge in [0.1, 0.15) is 5.82 Å². The van der Waals surface area contributed by atoms with Gasteiger partial charge in [0, 0.05) is 18.0 Å². The third-order valence-corrected chi connectivity index (χ3v) is 3.49. The minimum Gasteiger partial charge on any atom is -0.383 e. The number of nitrogen functional groups attached to an aromatic ring is 1. The van der Waals surface area contributed by atoms with Gasteiger partial charge in [0.05, 0.1) is 5.92 Å². The number of anilines is 1. The number of fused-ring (bicyclic) bond motifs is 1. The summed E-state index contributed by atoms with van der Waals surface area (Å²) in [7, 11) is 0. The molecule has 1 aliphatic rings. The molecule has 19 heavy (non-hydrogen) atoms. The minimum atomic E-state index is -0.303. The van der Waals surface area contributed by atoms with E-state index in [0.29, 0.717) is 18.7 Å². The molecule has 96 valence electrons. The summed E-state index contributed by atoms with van der Waals surface area (Å²) < 4.78 is 0. The molecular formula is C14H13N3O2. The van der Waals surface area contributed by atoms with Crippen LogP contribution in [0.25, 0.3) is 10.8 Å². The second kappa shape index (κ2) is 4.35. The van der Waals surface area contributed by atoms with Gasteiger partial charge < -0.3 is 5.73 Å². The molecule has 2 amide bonds. The predicted octanol–water partition coefficient (Wildman–Crippen LogP) is 1.34. The van der Waals surface area contributed by atoms with Crippen molar-refractivity contribution < 1.29 is 9.59 Å². The predicted molar refractivity (Wildman–Crippen MR) is 71.3 cm³/mol. The summed E-state index contributed by atoms with van der Waals surface area (Å²) in [4.78, 5) is 27.2. The van der Waals surface area contributed by atoms with Crippen molar-refractivity contribution in [2.24, 2.45) is 0 Å². The summed E-state index contributed by atoms with van der Waals surface area (Å²) in [5.41, 5.74) is 6.75. The molecule has 1 aromatic heterocycles. The van der Waals surface area contributed by atoms with E-state index in [-0.39, 0.29) is 17.7 Å². The van der Waals surface area contributed by atoms with E-state index >= 15 is 0 Å². The van der Waals surface area contributed by atoms with Gasteiger partial charge in [-0.3, -0.25) is 14.9 Å². The highest BCUT2D eigenvalue weighted by atomic mass is 16.2. The van der Waals surface area contributed by atoms with Crippen LogP contribution in [-0.4, -0.2) is 16.8 Å². The standard InChI is InChI=1S/C14H13N3O2/c15-13-10-3-1-2-8(9(10)6-7-16-13)11-4-5-12(18)17-14(11)19/h1-3,6-7,11H,4-5H2,(H2,15,16)(H,17,18,19). The SMILES string of the molecule is Nc1nccc2c(C3CCC(=O)NC3=O)cccc12. The Balaban J connectivity index is 2.13. The van der Waals surface area contributed by atoms with Crippen molar-refractivity contribution in [3.8, 4) is 0 Å². The third-order valence-electron chi connectivity index (χ3n) is 3.49. The van der Waals surface area contributed by atoms with Gasteiger partial charge in [-0.2, -0.15) is 0 Å². The van der Waals surface area contributed by atoms with Crippen LogP contribution in [0.4, 0.5) is 5.82 Å². The van der Waals surface area contributed by atoms with Gasteiger partial charge in [0.25, 0.3) is 0 Å². The molecular weight excluding hydrogens is 242 g/mol. The summed E-state index contributed by atoms with van der Waals surface area (Å²) in [6.45, 7) is 0. The number of carbonyl (C=O) groups excluding carboxylic acids is 2. The molecule has 1 fully saturated rings. The van der Waals surface area contributed by atoms with Crippen molar-refractivity contribution in [3.05, 3.63) is 36.0 Å². The maximum atomic E-state index is 12.0. The van der Waals surface area contributed by atoms with E-state index in [1.807, 2.05) is 24.3 Å². The first-order valence-corrected chi connectivity index (χ1v) is 6.13. The quantitative estimate of drug-likeness (QED) is 0.753. The molecule has 0 radical (unpaired) electrons. The summed E-state index contributed by atoms with van der Waals surface area (Å²) in [6, 6.07) is 7.50. The number of amides is 2. The highest BCUT2D eigenvalue weighted by molar-refractivity contribution is 6.04. The van der Waals surface area contributed by atoms with Crippen LogP contribution in [0.1, 0.15) is 24.3 Å². The highest BCUT2D eigenvalue weighted by Crippen LogP contribution is 2.32. The number of aromatic nitrogens is 1. The zero-order valence-corrected chi connectivity index (χ0v) is 10.2. The smallest absolute Gasteiger partial charge is 0.234 e. The first-order chi connectivity index (χ1) is 9.16. The van der Waals surface area contributed by atoms with E-state index < -0.39 is 0 Å². The van der Waals surface area contributed by atoms with Crippen LogP contribution in [0.15, 0.2) is 30.5 Å². The molecule has 1 aromatic carbocycles. The Labute approximate surface area is 109 Å². The molecule has 0 aliphatic carbocycles. The molecule has 1 unspecified atom stereocenters. The first kappa shape index (κ1) is 11.6. The lowest BCUT2D eigenvalue weighted by Gasteiger charge is -2.22. The topological polar surface area (TPSA) is 85.1 Å². The third kappa shape index (κ3) is 1.93. The van der Waals surface area contributed by atoms with Gasteiger partial charge in [-0.05, 0) is 23.4 Å². The maximum absolute atomic E-state index is 12.0. The number of hydrogen-bond acceptors (Lipinski definition) is 4. The van der Waals surface area contributed by atoms with Crippen LogP contribution in [-0.2, 0) is 9.59 Å². The van der Waals surface area contributed by atoms with Crippen molar-refractivity contribution >= 4 is 28.4 Å². The molecule has 5 heteroatoms. The number of imide groups is 1. The van der Waals surface area contributed by atoms with Crippen molar-refractivity contribution in [1.82, 2.24) is 10.3 Å². The second-order valence-electron chi connectivity index (χ2n) is 4.64. The van der Waals surface area contributed by atoms with Crippen LogP contribution in [0.2, 0.25) is 0 Å². The monoisotopic (exact) mass is 255 g/mol. The van der Waals surface area contributed by atoms with Crippen molar-refractivity contribution in [1.29, 1.82) is 0 Å². The fourth-order valence-electron chi connectivity index (χ4n) is 2.55. The molecule has 1 atom stereocenters. The van der Waals surface area contributed by atoms with Gasteiger partial charge in [-0.15, -0.1) is 0 Å². The number of hydrogen-bond donors (Lipinski definition) is 2. The van der Waals surface area contributed by atoms with Crippen LogP contribution < -0.4 is 11.1 Å². The largest absolute Gasteiger partial charge is 0.383 e. The lowest BCUT2D eigenvalue weighted by atomic mass is 9.87. The normalized spacial score (nSPS) is 19.5. The number of carbonyl (C=O) groups is 2. The van der Waals surface area contributed by atoms with E-state index in [4.69, 9.17) is 5.73 Å². The van der Waals surface area contributed by atoms with Crippen LogP contribution in [0.5, 0.6) is 0 Å². The van der Waals surface area contributed by atoms with Gasteiger partial charge in [0.2, 0.25) is 11.8 Å². The molecule has 1 aliphatic heterocycles. The zero-order chi connectivity index (χ0) is 13.4. The molecule has 0 spiro atoms. The Morgan fingerprint density at radius 1 is 1.21 bits per heavy atom. The number of piperidine rings is 1. The lowest BCUT2D eigenvalue weighted by Crippen LogP contribution is -2.39. The van der Waals surface area contributed by atoms with Crippen LogP contribution in [0.3, 0.4) is 0 Å². The van der Waals surface area contributed by atoms with E-state index in [1.165, 1.54) is 0 Å². The summed E-state index contributed by atoms with van der Waals surface area (Å²) in [5, 5.41) is 4.14. The first-order valence-electron chi connectivity index (χ1n) is 6.13. The number of nitrogens with zero attached hydrogens (tertiary/aromatic N) is 1. The number of rotatable bonds is 1. The number of pyridine rings is 1. The summed E-state index contributed by atoms with van der Waals surface area (Å²) >= 11 is 0. The Morgan fingerprint density at radius 2 is 2.05 bits per heavy atom. The molecule has 0 bridgehead atoms. The molecule has 1 saturated heterocycles. The Morgan fingerprint density at radius 3 is 2.84 bits per heavy atom. The van der Waals surface area contributed by atoms with E-state index in [2.05, 4.69) is 10.3 Å². The molecule has 5 nitrogen and oxygen atoms in total. The summed E-state index contributed by atoms with van der Waals surface area (Å²) in [6.07, 6.45) is 2.53. The number of nitrogens with one attached hydrogen (secondary N) is 1. The van der Waals surface area contributed by atoms with Crippen molar-refractivity contribution in [2.75, 3.05) is 5.73 Å². The molecule has 3 rings (SSSR count). The molecule has 3 N–H and O–H groups in total. The highest BCUT2D eigenvalue weighted by Gasteiger charge is 2.29. The van der Waals surface area contributed by atoms with Gasteiger partial charge in [-0.25, -0.2) is 4.98 Å². The maximum Gasteiger partial charge on any atom is 0.234 e. The zero-order valence-electron chi connectivity index (χ0n) is 10.2. The summed E-state index contributed by atoms with van der Waals surface area (Å²) in [5.74, 6) is -0.295. The Kier molecular flexibility index (Phi) is 2.67. The molecule has 2 heterocycles. The van der Waals surface area contributed by atoms with Crippen LogP contribution in [0, 0.1) is 0 Å². The Bertz CT molecular complexity index is 681. The molecule has 0 saturated carbocycles. The number of benzene rings is 1. The lowest BCUT2D eigenvalue weighted by molar-refractivity contribution is -0.134. The van der Waals surface area contributed by atoms with Crippen molar-refractivity contribution in [3.63, 3.8) is 0 Å². The van der Waals surface area contributed by atoms with Gasteiger partial charge in [0.15, 0.2) is 0 Å². The van der Waals surface area contributed by atoms with Crippen molar-refractivity contribution in [2.45, 2.75) is 18.8 Å². The Hall–Kier alpha value is -2.43. The fourth-order valence-corrected chi connectivity index (χ4v) is 2.55. The fraction of sp³-hybridized carbons (Fsp3) is 0.214. The minimum absolute atomic E-state index is 0.206. The van der Waals surface area contributed by atoms with E-state index in [0.717, 1.165) is 16.3 Å². The second-order valence-corrected chi connectivity index (χ2v) is 4.64. The van der Waals surface area contributed by atoms with Crippen LogP contribution >= 0.6 is 0 Å². The van der Waals surface area contributed by atoms with E-state index in [1.54, 1.807) is 6.20 Å². The molecule has 2 aromatic rings. The van der Waals surface area contributed by atoms with Gasteiger partial charge >= 0.3 is 0 Å². The van der Waals surface area contributed by atoms with Gasteiger partial charge in [-0.1, -0.05) is 18.2 Å².